The van der Waals surface area contributed by atoms with Gasteiger partial charge in [0.1, 0.15) is 4.99 Å². The van der Waals surface area contributed by atoms with Crippen LogP contribution in [0.3, 0.4) is 0 Å². The third-order valence-corrected chi connectivity index (χ3v) is 3.62. The molecule has 0 fully saturated rings. The minimum Gasteiger partial charge on any atom is -0.389 e. The maximum atomic E-state index is 6.14. The van der Waals surface area contributed by atoms with E-state index in [1.165, 1.54) is 0 Å². The Labute approximate surface area is 120 Å². The lowest BCUT2D eigenvalue weighted by Crippen LogP contribution is -2.10. The highest BCUT2D eigenvalue weighted by Gasteiger charge is 2.03. The topological polar surface area (TPSA) is 50.9 Å². The summed E-state index contributed by atoms with van der Waals surface area (Å²) in [7, 11) is 0. The molecule has 94 valence electrons. The molecule has 18 heavy (non-hydrogen) atoms. The average molecular weight is 298 g/mol. The van der Waals surface area contributed by atoms with Crippen LogP contribution in [0.2, 0.25) is 5.02 Å². The lowest BCUT2D eigenvalue weighted by molar-refractivity contribution is 0.977. The van der Waals surface area contributed by atoms with Gasteiger partial charge in [-0.05, 0) is 18.2 Å². The summed E-state index contributed by atoms with van der Waals surface area (Å²) in [4.78, 5) is 4.57. The van der Waals surface area contributed by atoms with E-state index >= 15 is 0 Å². The normalized spacial score (nSPS) is 10.3. The van der Waals surface area contributed by atoms with Gasteiger partial charge >= 0.3 is 0 Å². The summed E-state index contributed by atoms with van der Waals surface area (Å²) >= 11 is 12.6. The Kier molecular flexibility index (Phi) is 4.52. The van der Waals surface area contributed by atoms with Gasteiger partial charge in [-0.3, -0.25) is 0 Å². The van der Waals surface area contributed by atoms with E-state index in [1.54, 1.807) is 17.4 Å². The highest BCUT2D eigenvalue weighted by atomic mass is 35.5. The number of hydrogen-bond acceptors (Lipinski definition) is 4. The fraction of sp³-hybridized carbons (Fsp3) is 0.167. The molecule has 0 bridgehead atoms. The van der Waals surface area contributed by atoms with Crippen LogP contribution in [0, 0.1) is 0 Å². The smallest absolute Gasteiger partial charge is 0.104 e. The summed E-state index contributed by atoms with van der Waals surface area (Å²) in [5, 5.41) is 5.93. The van der Waals surface area contributed by atoms with Crippen molar-refractivity contribution in [1.82, 2.24) is 4.98 Å². The number of rotatable bonds is 5. The van der Waals surface area contributed by atoms with Gasteiger partial charge in [0, 0.05) is 23.9 Å². The Balaban J connectivity index is 1.95. The predicted molar refractivity (Wildman–Crippen MR) is 81.6 cm³/mol. The van der Waals surface area contributed by atoms with Gasteiger partial charge in [0.25, 0.3) is 0 Å². The van der Waals surface area contributed by atoms with E-state index in [0.29, 0.717) is 10.0 Å². The first-order valence-electron chi connectivity index (χ1n) is 5.37. The van der Waals surface area contributed by atoms with Gasteiger partial charge in [0.05, 0.1) is 21.9 Å². The number of halogens is 1. The zero-order chi connectivity index (χ0) is 13.0. The lowest BCUT2D eigenvalue weighted by Gasteiger charge is -2.08. The summed E-state index contributed by atoms with van der Waals surface area (Å²) in [5.41, 5.74) is 10.1. The number of hydrogen-bond donors (Lipinski definition) is 2. The van der Waals surface area contributed by atoms with Crippen molar-refractivity contribution in [3.8, 4) is 0 Å². The Morgan fingerprint density at radius 2 is 2.33 bits per heavy atom. The molecule has 1 aromatic heterocycles. The van der Waals surface area contributed by atoms with Gasteiger partial charge in [-0.2, -0.15) is 0 Å². The predicted octanol–water partition coefficient (Wildman–Crippen LogP) is 3.09. The summed E-state index contributed by atoms with van der Waals surface area (Å²) < 4.78 is 0. The van der Waals surface area contributed by atoms with E-state index in [0.717, 1.165) is 29.9 Å². The number of nitrogens with two attached hydrogens (primary N) is 1. The molecule has 0 atom stereocenters. The number of thiazole rings is 1. The number of aromatic nitrogens is 1. The van der Waals surface area contributed by atoms with Gasteiger partial charge in [0.15, 0.2) is 0 Å². The van der Waals surface area contributed by atoms with E-state index in [1.807, 2.05) is 23.0 Å². The number of anilines is 1. The molecule has 0 aliphatic heterocycles. The third kappa shape index (κ3) is 3.41. The molecule has 1 aromatic carbocycles. The van der Waals surface area contributed by atoms with Crippen LogP contribution in [-0.4, -0.2) is 16.5 Å². The van der Waals surface area contributed by atoms with Gasteiger partial charge in [-0.15, -0.1) is 11.3 Å². The maximum absolute atomic E-state index is 6.14. The van der Waals surface area contributed by atoms with Crippen LogP contribution in [0.25, 0.3) is 0 Å². The SMILES string of the molecule is NC(=S)c1ccc(NCCc2cscn2)c(Cl)c1. The van der Waals surface area contributed by atoms with Crippen LogP contribution in [0.15, 0.2) is 29.1 Å². The summed E-state index contributed by atoms with van der Waals surface area (Å²) in [5.74, 6) is 0. The van der Waals surface area contributed by atoms with Gasteiger partial charge in [-0.25, -0.2) is 4.98 Å². The molecular weight excluding hydrogens is 286 g/mol. The van der Waals surface area contributed by atoms with Crippen LogP contribution in [0.1, 0.15) is 11.3 Å². The van der Waals surface area contributed by atoms with Gasteiger partial charge in [-0.1, -0.05) is 23.8 Å². The number of benzene rings is 1. The summed E-state index contributed by atoms with van der Waals surface area (Å²) in [6.45, 7) is 0.788. The molecule has 6 heteroatoms. The molecule has 2 aromatic rings. The van der Waals surface area contributed by atoms with Crippen molar-refractivity contribution in [3.05, 3.63) is 45.4 Å². The minimum absolute atomic E-state index is 0.353. The highest BCUT2D eigenvalue weighted by Crippen LogP contribution is 2.23. The standard InChI is InChI=1S/C12H12ClN3S2/c13-10-5-8(12(14)17)1-2-11(10)15-4-3-9-6-18-7-16-9/h1-2,5-7,15H,3-4H2,(H2,14,17). The van der Waals surface area contributed by atoms with E-state index in [-0.39, 0.29) is 0 Å². The molecule has 0 aliphatic carbocycles. The van der Waals surface area contributed by atoms with Crippen LogP contribution in [0.5, 0.6) is 0 Å². The first-order valence-corrected chi connectivity index (χ1v) is 7.10. The fourth-order valence-electron chi connectivity index (χ4n) is 1.50. The molecule has 0 radical (unpaired) electrons. The Hall–Kier alpha value is -1.17. The molecule has 3 N–H and O–H groups in total. The second kappa shape index (κ2) is 6.13. The molecule has 0 aliphatic rings. The van der Waals surface area contributed by atoms with Crippen LogP contribution in [-0.2, 0) is 6.42 Å². The fourth-order valence-corrected chi connectivity index (χ4v) is 2.47. The molecule has 0 spiro atoms. The molecule has 0 unspecified atom stereocenters. The van der Waals surface area contributed by atoms with E-state index in [2.05, 4.69) is 10.3 Å². The number of thiocarbonyl (C=S) groups is 1. The third-order valence-electron chi connectivity index (χ3n) is 2.43. The quantitative estimate of drug-likeness (QED) is 0.833. The van der Waals surface area contributed by atoms with Crippen molar-refractivity contribution in [2.45, 2.75) is 6.42 Å². The highest BCUT2D eigenvalue weighted by molar-refractivity contribution is 7.80. The van der Waals surface area contributed by atoms with Gasteiger partial charge < -0.3 is 11.1 Å². The lowest BCUT2D eigenvalue weighted by atomic mass is 10.2. The van der Waals surface area contributed by atoms with Gasteiger partial charge in [0.2, 0.25) is 0 Å². The Morgan fingerprint density at radius 1 is 1.50 bits per heavy atom. The Morgan fingerprint density at radius 3 is 2.94 bits per heavy atom. The molecule has 0 saturated heterocycles. The number of nitrogens with one attached hydrogen (secondary N) is 1. The minimum atomic E-state index is 0.353. The van der Waals surface area contributed by atoms with Crippen molar-refractivity contribution < 1.29 is 0 Å². The van der Waals surface area contributed by atoms with E-state index < -0.39 is 0 Å². The maximum Gasteiger partial charge on any atom is 0.104 e. The number of nitrogens with zero attached hydrogens (tertiary/aromatic N) is 1. The molecule has 0 saturated carbocycles. The summed E-state index contributed by atoms with van der Waals surface area (Å²) in [6, 6.07) is 5.52. The molecular formula is C12H12ClN3S2. The van der Waals surface area contributed by atoms with Crippen molar-refractivity contribution in [3.63, 3.8) is 0 Å². The second-order valence-electron chi connectivity index (χ2n) is 3.72. The second-order valence-corrected chi connectivity index (χ2v) is 5.28. The van der Waals surface area contributed by atoms with Crippen LogP contribution in [0.4, 0.5) is 5.69 Å². The zero-order valence-corrected chi connectivity index (χ0v) is 11.9. The molecule has 3 nitrogen and oxygen atoms in total. The monoisotopic (exact) mass is 297 g/mol. The van der Waals surface area contributed by atoms with Crippen molar-refractivity contribution in [2.24, 2.45) is 5.73 Å². The van der Waals surface area contributed by atoms with E-state index in [9.17, 15) is 0 Å². The molecule has 2 rings (SSSR count). The first-order chi connectivity index (χ1) is 8.66. The average Bonchev–Trinajstić information content (AvgIpc) is 2.84. The van der Waals surface area contributed by atoms with Crippen LogP contribution < -0.4 is 11.1 Å². The Bertz CT molecular complexity index is 540. The largest absolute Gasteiger partial charge is 0.389 e. The van der Waals surface area contributed by atoms with Crippen molar-refractivity contribution >= 4 is 45.8 Å². The molecule has 1 heterocycles. The summed E-state index contributed by atoms with van der Waals surface area (Å²) in [6.07, 6.45) is 0.872. The van der Waals surface area contributed by atoms with Crippen molar-refractivity contribution in [1.29, 1.82) is 0 Å². The van der Waals surface area contributed by atoms with Crippen LogP contribution >= 0.6 is 35.2 Å². The zero-order valence-electron chi connectivity index (χ0n) is 9.52. The van der Waals surface area contributed by atoms with Crippen molar-refractivity contribution in [2.75, 3.05) is 11.9 Å². The molecule has 0 amide bonds. The first kappa shape index (κ1) is 13.3. The van der Waals surface area contributed by atoms with E-state index in [4.69, 9.17) is 29.6 Å².